The molecule has 0 aromatic carbocycles. The average molecular weight is 609 g/mol. The Balaban J connectivity index is 1.63. The van der Waals surface area contributed by atoms with Crippen LogP contribution in [0.15, 0.2) is 0 Å². The van der Waals surface area contributed by atoms with Crippen LogP contribution in [-0.2, 0) is 47.0 Å². The summed E-state index contributed by atoms with van der Waals surface area (Å²) in [5.74, 6) is -1.31. The number of unbranched alkanes of at least 4 members (excludes halogenated alkanes) is 2. The summed E-state index contributed by atoms with van der Waals surface area (Å²) in [6.07, 6.45) is 11.1. The maximum atomic E-state index is 12.9. The maximum Gasteiger partial charge on any atom is 0.292 e. The fourth-order valence-corrected chi connectivity index (χ4v) is 9.93. The summed E-state index contributed by atoms with van der Waals surface area (Å²) in [6, 6.07) is 0. The van der Waals surface area contributed by atoms with Crippen LogP contribution in [0.3, 0.4) is 0 Å². The highest BCUT2D eigenvalue weighted by Crippen LogP contribution is 2.43. The zero-order valence-corrected chi connectivity index (χ0v) is 25.9. The molecule has 0 N–H and O–H groups in total. The molecule has 220 valence electrons. The minimum Gasteiger partial charge on any atom is -0.349 e. The van der Waals surface area contributed by atoms with Crippen molar-refractivity contribution in [3.8, 4) is 0 Å². The Morgan fingerprint density at radius 3 is 1.73 bits per heavy atom. The third kappa shape index (κ3) is 13.4. The van der Waals surface area contributed by atoms with Gasteiger partial charge in [-0.3, -0.25) is 12.9 Å². The van der Waals surface area contributed by atoms with Gasteiger partial charge in [0.15, 0.2) is 19.9 Å². The summed E-state index contributed by atoms with van der Waals surface area (Å²) >= 11 is 0. The third-order valence-electron chi connectivity index (χ3n) is 7.11. The van der Waals surface area contributed by atoms with Crippen molar-refractivity contribution in [2.24, 2.45) is 0 Å². The standard InChI is InChI=1S/C23H46O10P2S2/c1-3-23(2,30-19-36(26,27)32-21-13-7-4-8-14-21)34(24)17-11-6-12-18-35(25)31-20-37(28,29)33-22-15-9-5-10-16-22/h21-22,34-35H,3-20H2,1-2H3. The van der Waals surface area contributed by atoms with Gasteiger partial charge in [-0.05, 0) is 51.9 Å². The van der Waals surface area contributed by atoms with E-state index in [1.807, 2.05) is 6.92 Å². The Bertz CT molecular complexity index is 929. The van der Waals surface area contributed by atoms with Crippen LogP contribution in [0.2, 0.25) is 0 Å². The minimum atomic E-state index is -3.87. The van der Waals surface area contributed by atoms with E-state index >= 15 is 0 Å². The first-order chi connectivity index (χ1) is 17.4. The molecule has 14 heteroatoms. The van der Waals surface area contributed by atoms with E-state index < -0.39 is 53.3 Å². The van der Waals surface area contributed by atoms with Gasteiger partial charge >= 0.3 is 0 Å². The van der Waals surface area contributed by atoms with Crippen LogP contribution in [-0.4, -0.2) is 58.6 Å². The van der Waals surface area contributed by atoms with Gasteiger partial charge in [0.1, 0.15) is 13.1 Å². The molecule has 2 fully saturated rings. The Hall–Kier alpha value is 0.200. The molecule has 0 radical (unpaired) electrons. The lowest BCUT2D eigenvalue weighted by Gasteiger charge is -2.29. The normalized spacial score (nSPS) is 21.9. The lowest BCUT2D eigenvalue weighted by Crippen LogP contribution is -2.30. The van der Waals surface area contributed by atoms with Crippen LogP contribution in [0, 0.1) is 0 Å². The molecule has 0 heterocycles. The van der Waals surface area contributed by atoms with Crippen LogP contribution in [0.4, 0.5) is 0 Å². The number of hydrogen-bond donors (Lipinski definition) is 0. The van der Waals surface area contributed by atoms with E-state index in [0.717, 1.165) is 51.4 Å². The van der Waals surface area contributed by atoms with E-state index in [4.69, 9.17) is 17.6 Å². The summed E-state index contributed by atoms with van der Waals surface area (Å²) in [4.78, 5) is 0. The molecule has 37 heavy (non-hydrogen) atoms. The second-order valence-electron chi connectivity index (χ2n) is 10.3. The fraction of sp³-hybridized carbons (Fsp3) is 1.00. The fourth-order valence-electron chi connectivity index (χ4n) is 4.58. The quantitative estimate of drug-likeness (QED) is 0.109. The SMILES string of the molecule is CCC(C)(OCS(=O)(=O)OC1CCCCC1)[PH](=O)CCCCC[PH](=O)OCS(=O)(=O)OC1CCCCC1. The third-order valence-corrected chi connectivity index (χ3v) is 13.0. The second-order valence-corrected chi connectivity index (χ2v) is 17.3. The van der Waals surface area contributed by atoms with Crippen molar-refractivity contribution in [3.63, 3.8) is 0 Å². The van der Waals surface area contributed by atoms with Crippen molar-refractivity contribution >= 4 is 36.1 Å². The van der Waals surface area contributed by atoms with E-state index in [2.05, 4.69) is 0 Å². The van der Waals surface area contributed by atoms with Gasteiger partial charge in [-0.1, -0.05) is 51.9 Å². The van der Waals surface area contributed by atoms with Crippen molar-refractivity contribution in [1.82, 2.24) is 0 Å². The molecule has 0 spiro atoms. The lowest BCUT2D eigenvalue weighted by atomic mass is 9.98. The van der Waals surface area contributed by atoms with Gasteiger partial charge in [0.2, 0.25) is 0 Å². The second kappa shape index (κ2) is 16.5. The van der Waals surface area contributed by atoms with E-state index in [1.165, 1.54) is 0 Å². The largest absolute Gasteiger partial charge is 0.349 e. The highest BCUT2D eigenvalue weighted by molar-refractivity contribution is 7.86. The summed E-state index contributed by atoms with van der Waals surface area (Å²) in [5, 5.41) is -1.04. The Labute approximate surface area is 224 Å². The highest BCUT2D eigenvalue weighted by Gasteiger charge is 2.33. The summed E-state index contributed by atoms with van der Waals surface area (Å²) in [6.45, 7) is 3.49. The molecule has 0 aromatic rings. The van der Waals surface area contributed by atoms with Gasteiger partial charge in [0.05, 0.1) is 12.2 Å². The first-order valence-corrected chi connectivity index (χ1v) is 19.9. The average Bonchev–Trinajstić information content (AvgIpc) is 2.86. The molecule has 0 amide bonds. The Kier molecular flexibility index (Phi) is 14.9. The summed E-state index contributed by atoms with van der Waals surface area (Å²) in [7, 11) is -12.5. The highest BCUT2D eigenvalue weighted by atomic mass is 32.2. The molecule has 3 unspecified atom stereocenters. The Morgan fingerprint density at radius 1 is 0.730 bits per heavy atom. The molecule has 2 aliphatic carbocycles. The van der Waals surface area contributed by atoms with Crippen molar-refractivity contribution in [1.29, 1.82) is 0 Å². The molecule has 0 saturated heterocycles. The monoisotopic (exact) mass is 608 g/mol. The number of ether oxygens (including phenoxy) is 1. The predicted octanol–water partition coefficient (Wildman–Crippen LogP) is 5.62. The molecule has 2 aliphatic rings. The van der Waals surface area contributed by atoms with Crippen LogP contribution >= 0.6 is 15.8 Å². The molecule has 0 aliphatic heterocycles. The number of hydrogen-bond acceptors (Lipinski definition) is 10. The predicted molar refractivity (Wildman–Crippen MR) is 146 cm³/mol. The van der Waals surface area contributed by atoms with Crippen molar-refractivity contribution in [2.45, 2.75) is 121 Å². The van der Waals surface area contributed by atoms with E-state index in [-0.39, 0.29) is 18.4 Å². The summed E-state index contributed by atoms with van der Waals surface area (Å²) < 4.78 is 94.9. The first-order valence-electron chi connectivity index (χ1n) is 13.6. The molecule has 10 nitrogen and oxygen atoms in total. The Morgan fingerprint density at radius 2 is 1.22 bits per heavy atom. The van der Waals surface area contributed by atoms with Gasteiger partial charge in [-0.25, -0.2) is 0 Å². The molecular weight excluding hydrogens is 562 g/mol. The smallest absolute Gasteiger partial charge is 0.292 e. The van der Waals surface area contributed by atoms with E-state index in [9.17, 15) is 26.0 Å². The van der Waals surface area contributed by atoms with E-state index in [0.29, 0.717) is 44.7 Å². The first kappa shape index (κ1) is 33.4. The molecular formula is C23H46O10P2S2. The van der Waals surface area contributed by atoms with E-state index in [1.54, 1.807) is 6.92 Å². The minimum absolute atomic E-state index is 0.239. The van der Waals surface area contributed by atoms with Gasteiger partial charge < -0.3 is 13.8 Å². The van der Waals surface area contributed by atoms with Gasteiger partial charge in [0.25, 0.3) is 20.2 Å². The van der Waals surface area contributed by atoms with Crippen LogP contribution in [0.5, 0.6) is 0 Å². The van der Waals surface area contributed by atoms with Crippen LogP contribution in [0.25, 0.3) is 0 Å². The molecule has 3 atom stereocenters. The molecule has 0 bridgehead atoms. The lowest BCUT2D eigenvalue weighted by molar-refractivity contribution is 0.0502. The molecule has 2 rings (SSSR count). The maximum absolute atomic E-state index is 12.9. The van der Waals surface area contributed by atoms with Gasteiger partial charge in [0, 0.05) is 12.3 Å². The van der Waals surface area contributed by atoms with Crippen molar-refractivity contribution in [3.05, 3.63) is 0 Å². The molecule has 0 aromatic heterocycles. The van der Waals surface area contributed by atoms with Crippen LogP contribution in [0.1, 0.15) is 104 Å². The zero-order chi connectivity index (χ0) is 27.4. The van der Waals surface area contributed by atoms with Gasteiger partial charge in [-0.15, -0.1) is 0 Å². The topological polar surface area (TPSA) is 139 Å². The molecule has 2 saturated carbocycles. The van der Waals surface area contributed by atoms with Gasteiger partial charge in [-0.2, -0.15) is 16.8 Å². The van der Waals surface area contributed by atoms with Crippen molar-refractivity contribution < 1.29 is 43.6 Å². The summed E-state index contributed by atoms with van der Waals surface area (Å²) in [5.41, 5.74) is 0. The zero-order valence-electron chi connectivity index (χ0n) is 22.3. The van der Waals surface area contributed by atoms with Crippen molar-refractivity contribution in [2.75, 3.05) is 24.2 Å². The van der Waals surface area contributed by atoms with Crippen LogP contribution < -0.4 is 0 Å². The number of rotatable bonds is 18.